The van der Waals surface area contributed by atoms with Gasteiger partial charge in [0.1, 0.15) is 30.0 Å². The van der Waals surface area contributed by atoms with E-state index in [1.165, 1.54) is 0 Å². The molecule has 1 aromatic carbocycles. The van der Waals surface area contributed by atoms with Crippen molar-refractivity contribution in [3.63, 3.8) is 0 Å². The Bertz CT molecular complexity index is 644. The molecule has 1 aromatic heterocycles. The first-order valence-electron chi connectivity index (χ1n) is 7.78. The molecule has 1 N–H and O–H groups in total. The van der Waals surface area contributed by atoms with Crippen LogP contribution < -0.4 is 9.47 Å². The van der Waals surface area contributed by atoms with Crippen LogP contribution in [0.1, 0.15) is 32.2 Å². The van der Waals surface area contributed by atoms with Crippen molar-refractivity contribution in [1.82, 2.24) is 9.55 Å². The summed E-state index contributed by atoms with van der Waals surface area (Å²) in [6.45, 7) is 8.98. The third kappa shape index (κ3) is 4.48. The van der Waals surface area contributed by atoms with E-state index in [0.29, 0.717) is 6.54 Å². The number of methoxy groups -OCH3 is 1. The van der Waals surface area contributed by atoms with Crippen LogP contribution in [0.3, 0.4) is 0 Å². The highest BCUT2D eigenvalue weighted by molar-refractivity contribution is 5.44. The van der Waals surface area contributed by atoms with Gasteiger partial charge in [-0.05, 0) is 30.5 Å². The van der Waals surface area contributed by atoms with Gasteiger partial charge >= 0.3 is 0 Å². The summed E-state index contributed by atoms with van der Waals surface area (Å²) in [4.78, 5) is 4.15. The Balaban J connectivity index is 2.06. The van der Waals surface area contributed by atoms with Crippen LogP contribution in [0.25, 0.3) is 0 Å². The molecule has 126 valence electrons. The van der Waals surface area contributed by atoms with E-state index in [1.54, 1.807) is 13.3 Å². The molecule has 0 spiro atoms. The molecule has 2 rings (SSSR count). The Labute approximate surface area is 137 Å². The van der Waals surface area contributed by atoms with Crippen molar-refractivity contribution in [2.75, 3.05) is 13.7 Å². The largest absolute Gasteiger partial charge is 0.497 e. The van der Waals surface area contributed by atoms with Gasteiger partial charge in [0.05, 0.1) is 13.7 Å². The minimum atomic E-state index is -0.599. The van der Waals surface area contributed by atoms with Gasteiger partial charge in [-0.15, -0.1) is 0 Å². The summed E-state index contributed by atoms with van der Waals surface area (Å²) < 4.78 is 13.1. The highest BCUT2D eigenvalue weighted by Gasteiger charge is 2.20. The van der Waals surface area contributed by atoms with E-state index in [0.717, 1.165) is 22.9 Å². The van der Waals surface area contributed by atoms with Gasteiger partial charge < -0.3 is 19.1 Å². The molecule has 0 aliphatic rings. The summed E-state index contributed by atoms with van der Waals surface area (Å²) in [5, 5.41) is 10.2. The molecule has 5 heteroatoms. The van der Waals surface area contributed by atoms with E-state index in [9.17, 15) is 5.11 Å². The molecule has 1 unspecified atom stereocenters. The van der Waals surface area contributed by atoms with E-state index >= 15 is 0 Å². The highest BCUT2D eigenvalue weighted by atomic mass is 16.5. The molecule has 5 nitrogen and oxygen atoms in total. The minimum absolute atomic E-state index is 0.0736. The van der Waals surface area contributed by atoms with E-state index in [4.69, 9.17) is 9.47 Å². The summed E-state index contributed by atoms with van der Waals surface area (Å²) in [6.07, 6.45) is 2.98. The maximum absolute atomic E-state index is 10.2. The zero-order valence-electron chi connectivity index (χ0n) is 14.5. The van der Waals surface area contributed by atoms with Crippen molar-refractivity contribution in [1.29, 1.82) is 0 Å². The number of aliphatic hydroxyl groups is 1. The monoisotopic (exact) mass is 318 g/mol. The van der Waals surface area contributed by atoms with Crippen LogP contribution in [0.15, 0.2) is 30.6 Å². The average molecular weight is 318 g/mol. The van der Waals surface area contributed by atoms with Crippen LogP contribution in [0.2, 0.25) is 0 Å². The molecule has 0 aliphatic heterocycles. The topological polar surface area (TPSA) is 56.5 Å². The number of rotatable bonds is 6. The number of imidazole rings is 1. The Morgan fingerprint density at radius 3 is 2.61 bits per heavy atom. The lowest BCUT2D eigenvalue weighted by Crippen LogP contribution is -2.25. The Morgan fingerprint density at radius 1 is 1.30 bits per heavy atom. The van der Waals surface area contributed by atoms with E-state index in [-0.39, 0.29) is 12.0 Å². The van der Waals surface area contributed by atoms with Gasteiger partial charge in [-0.1, -0.05) is 20.8 Å². The first-order chi connectivity index (χ1) is 10.8. The fourth-order valence-corrected chi connectivity index (χ4v) is 2.41. The molecule has 0 aliphatic carbocycles. The average Bonchev–Trinajstić information content (AvgIpc) is 2.89. The third-order valence-corrected chi connectivity index (χ3v) is 3.76. The lowest BCUT2D eigenvalue weighted by atomic mass is 9.86. The molecule has 1 heterocycles. The van der Waals surface area contributed by atoms with Crippen LogP contribution in [-0.2, 0) is 12.0 Å². The summed E-state index contributed by atoms with van der Waals surface area (Å²) in [6, 6.07) is 5.76. The molecule has 0 fully saturated rings. The van der Waals surface area contributed by atoms with Crippen LogP contribution in [0, 0.1) is 6.92 Å². The van der Waals surface area contributed by atoms with Gasteiger partial charge in [0, 0.05) is 18.0 Å². The number of aliphatic hydroxyl groups excluding tert-OH is 1. The SMILES string of the molecule is COc1ccc(OCC(O)Cn2ccnc2C)c(C(C)(C)C)c1. The third-order valence-electron chi connectivity index (χ3n) is 3.76. The lowest BCUT2D eigenvalue weighted by Gasteiger charge is -2.24. The van der Waals surface area contributed by atoms with Crippen LogP contribution >= 0.6 is 0 Å². The van der Waals surface area contributed by atoms with Gasteiger partial charge in [0.15, 0.2) is 0 Å². The predicted octanol–water partition coefficient (Wildman–Crippen LogP) is 2.94. The van der Waals surface area contributed by atoms with Crippen molar-refractivity contribution in [3.05, 3.63) is 42.0 Å². The Morgan fingerprint density at radius 2 is 2.04 bits per heavy atom. The zero-order chi connectivity index (χ0) is 17.0. The van der Waals surface area contributed by atoms with Gasteiger partial charge in [0.25, 0.3) is 0 Å². The van der Waals surface area contributed by atoms with Gasteiger partial charge in [-0.3, -0.25) is 0 Å². The van der Waals surface area contributed by atoms with Gasteiger partial charge in [-0.25, -0.2) is 4.98 Å². The maximum atomic E-state index is 10.2. The van der Waals surface area contributed by atoms with E-state index in [1.807, 2.05) is 35.9 Å². The number of benzene rings is 1. The second-order valence-corrected chi connectivity index (χ2v) is 6.70. The van der Waals surface area contributed by atoms with Gasteiger partial charge in [0.2, 0.25) is 0 Å². The fraction of sp³-hybridized carbons (Fsp3) is 0.500. The Hall–Kier alpha value is -2.01. The molecular formula is C18H26N2O3. The van der Waals surface area contributed by atoms with Crippen molar-refractivity contribution in [3.8, 4) is 11.5 Å². The van der Waals surface area contributed by atoms with E-state index in [2.05, 4.69) is 25.8 Å². The second-order valence-electron chi connectivity index (χ2n) is 6.70. The molecule has 0 radical (unpaired) electrons. The van der Waals surface area contributed by atoms with Crippen molar-refractivity contribution < 1.29 is 14.6 Å². The molecule has 1 atom stereocenters. The predicted molar refractivity (Wildman–Crippen MR) is 90.2 cm³/mol. The number of ether oxygens (including phenoxy) is 2. The summed E-state index contributed by atoms with van der Waals surface area (Å²) in [5.74, 6) is 2.46. The fourth-order valence-electron chi connectivity index (χ4n) is 2.41. The number of hydrogen-bond acceptors (Lipinski definition) is 4. The minimum Gasteiger partial charge on any atom is -0.497 e. The molecular weight excluding hydrogens is 292 g/mol. The maximum Gasteiger partial charge on any atom is 0.123 e. The van der Waals surface area contributed by atoms with Crippen LogP contribution in [0.4, 0.5) is 0 Å². The van der Waals surface area contributed by atoms with Crippen molar-refractivity contribution >= 4 is 0 Å². The van der Waals surface area contributed by atoms with Crippen molar-refractivity contribution in [2.45, 2.75) is 45.8 Å². The molecule has 0 saturated carbocycles. The van der Waals surface area contributed by atoms with E-state index < -0.39 is 6.10 Å². The molecule has 2 aromatic rings. The first kappa shape index (κ1) is 17.3. The van der Waals surface area contributed by atoms with Gasteiger partial charge in [-0.2, -0.15) is 0 Å². The molecule has 0 saturated heterocycles. The van der Waals surface area contributed by atoms with Crippen LogP contribution in [0.5, 0.6) is 11.5 Å². The Kier molecular flexibility index (Phi) is 5.31. The highest BCUT2D eigenvalue weighted by Crippen LogP contribution is 2.34. The molecule has 0 amide bonds. The first-order valence-corrected chi connectivity index (χ1v) is 7.78. The summed E-state index contributed by atoms with van der Waals surface area (Å²) in [7, 11) is 1.65. The lowest BCUT2D eigenvalue weighted by molar-refractivity contribution is 0.0909. The zero-order valence-corrected chi connectivity index (χ0v) is 14.5. The smallest absolute Gasteiger partial charge is 0.123 e. The summed E-state index contributed by atoms with van der Waals surface area (Å²) >= 11 is 0. The normalized spacial score (nSPS) is 13.0. The number of aryl methyl sites for hydroxylation is 1. The standard InChI is InChI=1S/C18H26N2O3/c1-13-19-8-9-20(13)11-14(21)12-23-17-7-6-15(22-5)10-16(17)18(2,3)4/h6-10,14,21H,11-12H2,1-5H3. The number of nitrogens with zero attached hydrogens (tertiary/aromatic N) is 2. The quantitative estimate of drug-likeness (QED) is 0.890. The molecule has 0 bridgehead atoms. The number of aromatic nitrogens is 2. The van der Waals surface area contributed by atoms with Crippen molar-refractivity contribution in [2.24, 2.45) is 0 Å². The summed E-state index contributed by atoms with van der Waals surface area (Å²) in [5.41, 5.74) is 0.985. The second kappa shape index (κ2) is 7.04. The van der Waals surface area contributed by atoms with Crippen LogP contribution in [-0.4, -0.2) is 34.5 Å². The number of hydrogen-bond donors (Lipinski definition) is 1. The molecule has 23 heavy (non-hydrogen) atoms.